The van der Waals surface area contributed by atoms with Crippen LogP contribution in [0.2, 0.25) is 0 Å². The molecule has 1 spiro atoms. The zero-order valence-electron chi connectivity index (χ0n) is 30.6. The summed E-state index contributed by atoms with van der Waals surface area (Å²) in [5, 5.41) is 19.3. The van der Waals surface area contributed by atoms with E-state index in [1.807, 2.05) is 24.8 Å². The van der Waals surface area contributed by atoms with Crippen molar-refractivity contribution < 1.29 is 27.8 Å². The van der Waals surface area contributed by atoms with Gasteiger partial charge < -0.3 is 35.7 Å². The highest BCUT2D eigenvalue weighted by molar-refractivity contribution is 6.04. The molecule has 0 radical (unpaired) electrons. The van der Waals surface area contributed by atoms with Crippen LogP contribution >= 0.6 is 0 Å². The molecule has 13 heteroatoms. The maximum Gasteiger partial charge on any atom is 0.422 e. The second-order valence-electron chi connectivity index (χ2n) is 15.5. The van der Waals surface area contributed by atoms with E-state index in [9.17, 15) is 23.1 Å². The van der Waals surface area contributed by atoms with Crippen molar-refractivity contribution in [2.75, 3.05) is 63.1 Å². The summed E-state index contributed by atoms with van der Waals surface area (Å²) in [5.74, 6) is 1.11. The Morgan fingerprint density at radius 1 is 1.13 bits per heavy atom. The van der Waals surface area contributed by atoms with Gasteiger partial charge in [-0.25, -0.2) is 9.97 Å². The number of carbonyl (C=O) groups is 1. The van der Waals surface area contributed by atoms with Gasteiger partial charge in [0.1, 0.15) is 17.2 Å². The number of aliphatic hydroxyl groups is 1. The molecule has 0 bridgehead atoms. The number of ether oxygens (including phenoxy) is 1. The van der Waals surface area contributed by atoms with Crippen LogP contribution in [-0.2, 0) is 11.2 Å². The number of nitrogens with one attached hydrogen (secondary N) is 1. The Hall–Kier alpha value is -4.23. The highest BCUT2D eigenvalue weighted by Crippen LogP contribution is 2.48. The predicted octanol–water partition coefficient (Wildman–Crippen LogP) is 6.25. The first-order valence-corrected chi connectivity index (χ1v) is 18.1. The number of β-amino-alcohol motifs (C(OH)–C–C–N with tert-alkyl or cyclic N) is 1. The fourth-order valence-electron chi connectivity index (χ4n) is 8.25. The Kier molecular flexibility index (Phi) is 10.3. The summed E-state index contributed by atoms with van der Waals surface area (Å²) in [6, 6.07) is 5.48. The number of hydrogen-bond acceptors (Lipinski definition) is 9. The number of rotatable bonds is 10. The minimum atomic E-state index is -4.61. The van der Waals surface area contributed by atoms with Crippen LogP contribution in [0.25, 0.3) is 22.0 Å². The van der Waals surface area contributed by atoms with Gasteiger partial charge in [-0.2, -0.15) is 13.2 Å². The molecule has 3 saturated heterocycles. The van der Waals surface area contributed by atoms with Gasteiger partial charge in [0.2, 0.25) is 5.91 Å². The zero-order valence-corrected chi connectivity index (χ0v) is 30.6. The third kappa shape index (κ3) is 7.61. The molecular weight excluding hydrogens is 671 g/mol. The monoisotopic (exact) mass is 721 g/mol. The zero-order chi connectivity index (χ0) is 37.6. The number of benzene rings is 2. The van der Waals surface area contributed by atoms with Gasteiger partial charge in [0.15, 0.2) is 12.4 Å². The van der Waals surface area contributed by atoms with Crippen LogP contribution in [-0.4, -0.2) is 101 Å². The number of carbonyl (C=O) groups excluding carboxylic acids is 1. The largest absolute Gasteiger partial charge is 0.481 e. The van der Waals surface area contributed by atoms with E-state index >= 15 is 0 Å². The van der Waals surface area contributed by atoms with E-state index in [4.69, 9.17) is 25.8 Å². The Balaban J connectivity index is 1.51. The molecule has 0 unspecified atom stereocenters. The fraction of sp³-hybridized carbons (Fsp3) is 0.538. The van der Waals surface area contributed by atoms with Gasteiger partial charge in [0, 0.05) is 72.5 Å². The number of fused-ring (bicyclic) bond motifs is 1. The number of likely N-dealkylation sites (tertiary alicyclic amines) is 2. The molecule has 3 aromatic rings. The molecule has 0 atom stereocenters. The molecule has 4 N–H and O–H groups in total. The van der Waals surface area contributed by atoms with Crippen LogP contribution in [0, 0.1) is 17.7 Å². The van der Waals surface area contributed by atoms with Crippen molar-refractivity contribution in [3.05, 3.63) is 53.4 Å². The van der Waals surface area contributed by atoms with Crippen LogP contribution < -0.4 is 15.4 Å². The first kappa shape index (κ1) is 37.5. The van der Waals surface area contributed by atoms with E-state index in [1.165, 1.54) is 6.08 Å². The van der Waals surface area contributed by atoms with Crippen LogP contribution in [0.3, 0.4) is 0 Å². The third-order valence-corrected chi connectivity index (χ3v) is 10.9. The highest BCUT2D eigenvalue weighted by atomic mass is 19.4. The predicted molar refractivity (Wildman–Crippen MR) is 198 cm³/mol. The molecule has 10 nitrogen and oxygen atoms in total. The number of nitrogens with zero attached hydrogens (tertiary/aromatic N) is 5. The van der Waals surface area contributed by atoms with E-state index < -0.39 is 18.4 Å². The van der Waals surface area contributed by atoms with Gasteiger partial charge in [0.25, 0.3) is 0 Å². The van der Waals surface area contributed by atoms with E-state index in [0.29, 0.717) is 84.1 Å². The average Bonchev–Trinajstić information content (AvgIpc) is 3.08. The van der Waals surface area contributed by atoms with Gasteiger partial charge in [-0.15, -0.1) is 0 Å². The maximum absolute atomic E-state index is 14.0. The van der Waals surface area contributed by atoms with Gasteiger partial charge in [-0.3, -0.25) is 4.79 Å². The fourth-order valence-corrected chi connectivity index (χ4v) is 8.25. The summed E-state index contributed by atoms with van der Waals surface area (Å²) in [7, 11) is 0. The highest BCUT2D eigenvalue weighted by Gasteiger charge is 2.46. The normalized spacial score (nSPS) is 18.5. The van der Waals surface area contributed by atoms with E-state index in [0.717, 1.165) is 56.1 Å². The smallest absolute Gasteiger partial charge is 0.422 e. The average molecular weight is 722 g/mol. The second-order valence-corrected chi connectivity index (χ2v) is 15.5. The number of piperidine rings is 2. The molecule has 280 valence electrons. The summed E-state index contributed by atoms with van der Waals surface area (Å²) < 4.78 is 47.8. The Morgan fingerprint density at radius 2 is 1.81 bits per heavy atom. The van der Waals surface area contributed by atoms with Crippen molar-refractivity contribution in [1.29, 1.82) is 5.41 Å². The molecule has 52 heavy (non-hydrogen) atoms. The van der Waals surface area contributed by atoms with Gasteiger partial charge in [-0.05, 0) is 101 Å². The number of halogens is 3. The van der Waals surface area contributed by atoms with Crippen LogP contribution in [0.5, 0.6) is 5.75 Å². The van der Waals surface area contributed by atoms with Gasteiger partial charge in [-0.1, -0.05) is 19.6 Å². The number of nitrogen functional groups attached to an aromatic ring is 1. The lowest BCUT2D eigenvalue weighted by molar-refractivity contribution is -0.153. The van der Waals surface area contributed by atoms with E-state index in [1.54, 1.807) is 26.0 Å². The molecule has 3 aliphatic heterocycles. The minimum Gasteiger partial charge on any atom is -0.481 e. The van der Waals surface area contributed by atoms with Crippen molar-refractivity contribution in [3.63, 3.8) is 0 Å². The second kappa shape index (κ2) is 14.3. The molecule has 3 aliphatic rings. The molecule has 0 saturated carbocycles. The standard InChI is InChI=1S/C39H50F3N7O3/c1-6-25-18-27-33(34(52-23-39(40,41)42)32(25)31-24(3)8-9-29(44)28(31)19-43)45-35(26-10-14-47(15-11-26)20-37(4,5)51)46-36(27)48-16-12-38(13-17-48)21-49(22-38)30(50)7-2/h7-9,18-19,26,43,51H,2,6,10-17,20-23,44H2,1,3-5H3. The minimum absolute atomic E-state index is 0.0129. The number of aryl methyl sites for hydroxylation is 2. The van der Waals surface area contributed by atoms with Crippen molar-refractivity contribution in [1.82, 2.24) is 19.8 Å². The number of amides is 1. The van der Waals surface area contributed by atoms with Crippen molar-refractivity contribution >= 4 is 34.5 Å². The molecule has 0 aliphatic carbocycles. The molecule has 1 aromatic heterocycles. The van der Waals surface area contributed by atoms with Crippen LogP contribution in [0.1, 0.15) is 74.9 Å². The molecule has 4 heterocycles. The van der Waals surface area contributed by atoms with Gasteiger partial charge in [0.05, 0.1) is 5.60 Å². The summed E-state index contributed by atoms with van der Waals surface area (Å²) in [6.07, 6.45) is 1.47. The first-order valence-electron chi connectivity index (χ1n) is 18.1. The topological polar surface area (TPSA) is 132 Å². The van der Waals surface area contributed by atoms with Crippen LogP contribution in [0.15, 0.2) is 30.9 Å². The summed E-state index contributed by atoms with van der Waals surface area (Å²) in [5.41, 5.74) is 9.08. The number of hydrogen-bond donors (Lipinski definition) is 3. The van der Waals surface area contributed by atoms with E-state index in [2.05, 4.69) is 16.4 Å². The molecular formula is C39H50F3N7O3. The van der Waals surface area contributed by atoms with Crippen molar-refractivity contribution in [3.8, 4) is 16.9 Å². The van der Waals surface area contributed by atoms with E-state index in [-0.39, 0.29) is 23.0 Å². The Morgan fingerprint density at radius 3 is 2.38 bits per heavy atom. The number of nitrogens with two attached hydrogens (primary N) is 1. The molecule has 2 aromatic carbocycles. The lowest BCUT2D eigenvalue weighted by atomic mass is 9.72. The number of aromatic nitrogens is 2. The molecule has 3 fully saturated rings. The first-order chi connectivity index (χ1) is 24.5. The summed E-state index contributed by atoms with van der Waals surface area (Å²) in [6.45, 7) is 14.1. The Labute approximate surface area is 303 Å². The van der Waals surface area contributed by atoms with Crippen LogP contribution in [0.4, 0.5) is 24.7 Å². The lowest BCUT2D eigenvalue weighted by Gasteiger charge is -2.54. The Bertz CT molecular complexity index is 1850. The van der Waals surface area contributed by atoms with Crippen molar-refractivity contribution in [2.24, 2.45) is 5.41 Å². The maximum atomic E-state index is 14.0. The summed E-state index contributed by atoms with van der Waals surface area (Å²) >= 11 is 0. The molecule has 1 amide bonds. The van der Waals surface area contributed by atoms with Crippen molar-refractivity contribution in [2.45, 2.75) is 77.5 Å². The molecule has 6 rings (SSSR count). The lowest BCUT2D eigenvalue weighted by Crippen LogP contribution is -2.61. The third-order valence-electron chi connectivity index (χ3n) is 10.9. The SMILES string of the molecule is C=CC(=O)N1CC2(CCN(c3nc(C4CCN(CC(C)(C)O)CC4)nc4c(OCC(F)(F)F)c(-c5c(C)ccc(N)c5C=N)c(CC)cc34)CC2)C1. The summed E-state index contributed by atoms with van der Waals surface area (Å²) in [4.78, 5) is 28.7. The number of anilines is 2. The van der Waals surface area contributed by atoms with Gasteiger partial charge >= 0.3 is 6.18 Å². The number of alkyl halides is 3. The quantitative estimate of drug-likeness (QED) is 0.127.